The highest BCUT2D eigenvalue weighted by atomic mass is 16.5. The van der Waals surface area contributed by atoms with E-state index in [0.717, 1.165) is 60.4 Å². The third-order valence-corrected chi connectivity index (χ3v) is 6.56. The van der Waals surface area contributed by atoms with Crippen LogP contribution in [0.5, 0.6) is 5.75 Å². The molecule has 0 spiro atoms. The Morgan fingerprint density at radius 2 is 2.06 bits per heavy atom. The molecule has 1 saturated carbocycles. The van der Waals surface area contributed by atoms with Crippen molar-refractivity contribution in [1.82, 2.24) is 25.1 Å². The monoisotopic (exact) mass is 431 g/mol. The van der Waals surface area contributed by atoms with Gasteiger partial charge < -0.3 is 14.8 Å². The second-order valence-corrected chi connectivity index (χ2v) is 8.73. The maximum absolute atomic E-state index is 13.0. The van der Waals surface area contributed by atoms with E-state index in [9.17, 15) is 4.79 Å². The van der Waals surface area contributed by atoms with Gasteiger partial charge in [-0.15, -0.1) is 0 Å². The molecular weight excluding hydrogens is 406 g/mol. The average Bonchev–Trinajstić information content (AvgIpc) is 3.35. The number of fused-ring (bicyclic) bond motifs is 3. The Bertz CT molecular complexity index is 1190. The molecule has 3 aromatic rings. The van der Waals surface area contributed by atoms with Crippen molar-refractivity contribution in [2.24, 2.45) is 0 Å². The zero-order valence-electron chi connectivity index (χ0n) is 18.0. The highest BCUT2D eigenvalue weighted by Crippen LogP contribution is 2.42. The number of nitrogens with zero attached hydrogens (tertiary/aromatic N) is 4. The fraction of sp³-hybridized carbons (Fsp3) is 0.417. The van der Waals surface area contributed by atoms with Crippen molar-refractivity contribution in [3.63, 3.8) is 0 Å². The van der Waals surface area contributed by atoms with Crippen LogP contribution >= 0.6 is 0 Å². The zero-order chi connectivity index (χ0) is 21.7. The highest BCUT2D eigenvalue weighted by molar-refractivity contribution is 5.95. The molecule has 8 heteroatoms. The molecule has 1 atom stereocenters. The number of rotatable bonds is 5. The minimum atomic E-state index is -0.0957. The van der Waals surface area contributed by atoms with Crippen LogP contribution in [0.3, 0.4) is 0 Å². The minimum Gasteiger partial charge on any atom is -0.497 e. The number of amides is 1. The Labute approximate surface area is 186 Å². The fourth-order valence-electron chi connectivity index (χ4n) is 4.66. The summed E-state index contributed by atoms with van der Waals surface area (Å²) in [6.45, 7) is 1.25. The minimum absolute atomic E-state index is 0.0596. The van der Waals surface area contributed by atoms with E-state index in [0.29, 0.717) is 30.6 Å². The van der Waals surface area contributed by atoms with Crippen molar-refractivity contribution in [1.29, 1.82) is 0 Å². The molecule has 2 aliphatic carbocycles. The second-order valence-electron chi connectivity index (χ2n) is 8.73. The summed E-state index contributed by atoms with van der Waals surface area (Å²) in [5, 5.41) is 7.64. The van der Waals surface area contributed by atoms with Gasteiger partial charge in [-0.25, -0.2) is 14.6 Å². The van der Waals surface area contributed by atoms with Gasteiger partial charge in [0.1, 0.15) is 5.75 Å². The van der Waals surface area contributed by atoms with E-state index in [4.69, 9.17) is 14.5 Å². The molecule has 1 aliphatic heterocycles. The van der Waals surface area contributed by atoms with Gasteiger partial charge in [0.25, 0.3) is 11.9 Å². The van der Waals surface area contributed by atoms with Crippen molar-refractivity contribution < 1.29 is 14.3 Å². The molecule has 0 unspecified atom stereocenters. The van der Waals surface area contributed by atoms with Gasteiger partial charge in [0, 0.05) is 24.3 Å². The molecule has 2 fully saturated rings. The first-order chi connectivity index (χ1) is 15.7. The number of carbonyl (C=O) groups excluding carboxylic acids is 1. The maximum Gasteiger partial charge on any atom is 0.255 e. The summed E-state index contributed by atoms with van der Waals surface area (Å²) in [6.07, 6.45) is 8.34. The number of benzene rings is 1. The largest absolute Gasteiger partial charge is 0.497 e. The summed E-state index contributed by atoms with van der Waals surface area (Å²) in [6, 6.07) is 6.20. The third-order valence-electron chi connectivity index (χ3n) is 6.56. The molecule has 1 amide bonds. The molecular formula is C24H25N5O3. The number of aromatic nitrogens is 4. The molecule has 1 N–H and O–H groups in total. The van der Waals surface area contributed by atoms with Gasteiger partial charge >= 0.3 is 0 Å². The quantitative estimate of drug-likeness (QED) is 0.668. The van der Waals surface area contributed by atoms with Crippen LogP contribution in [-0.4, -0.2) is 52.0 Å². The molecule has 1 saturated heterocycles. The van der Waals surface area contributed by atoms with Crippen LogP contribution in [0.2, 0.25) is 0 Å². The standard InChI is InChI=1S/C24H25N5O3/c1-31-18-7-6-14-2-5-16-11-25-24(28-21(16)19(14)10-18)29-22(15-3-4-15)20(12-26-29)23(30)27-17-8-9-32-13-17/h6-7,10-12,15,17H,2-5,8-9,13H2,1H3,(H,27,30)/t17-/m1/s1. The van der Waals surface area contributed by atoms with Crippen molar-refractivity contribution in [3.05, 3.63) is 53.0 Å². The SMILES string of the molecule is COc1ccc2c(c1)-c1nc(-n3ncc(C(=O)N[C@@H]4CCOC4)c3C3CC3)ncc1CC2. The number of hydrogen-bond donors (Lipinski definition) is 1. The first kappa shape index (κ1) is 19.4. The molecule has 3 heterocycles. The van der Waals surface area contributed by atoms with Crippen molar-refractivity contribution >= 4 is 5.91 Å². The maximum atomic E-state index is 13.0. The number of carbonyl (C=O) groups is 1. The van der Waals surface area contributed by atoms with Gasteiger partial charge in [0.15, 0.2) is 0 Å². The Balaban J connectivity index is 1.39. The molecule has 3 aliphatic rings. The van der Waals surface area contributed by atoms with E-state index in [2.05, 4.69) is 21.5 Å². The summed E-state index contributed by atoms with van der Waals surface area (Å²) in [7, 11) is 1.67. The summed E-state index contributed by atoms with van der Waals surface area (Å²) in [4.78, 5) is 22.6. The van der Waals surface area contributed by atoms with Crippen LogP contribution in [0.15, 0.2) is 30.6 Å². The molecule has 164 valence electrons. The van der Waals surface area contributed by atoms with Crippen molar-refractivity contribution in [3.8, 4) is 23.0 Å². The Morgan fingerprint density at radius 3 is 2.84 bits per heavy atom. The lowest BCUT2D eigenvalue weighted by Gasteiger charge is -2.20. The van der Waals surface area contributed by atoms with Gasteiger partial charge in [0.2, 0.25) is 0 Å². The average molecular weight is 431 g/mol. The topological polar surface area (TPSA) is 91.2 Å². The Kier molecular flexibility index (Phi) is 4.68. The molecule has 2 aromatic heterocycles. The van der Waals surface area contributed by atoms with Crippen LogP contribution < -0.4 is 10.1 Å². The van der Waals surface area contributed by atoms with E-state index in [1.807, 2.05) is 18.3 Å². The highest BCUT2D eigenvalue weighted by Gasteiger charge is 2.34. The summed E-state index contributed by atoms with van der Waals surface area (Å²) >= 11 is 0. The van der Waals surface area contributed by atoms with Gasteiger partial charge in [-0.3, -0.25) is 4.79 Å². The molecule has 32 heavy (non-hydrogen) atoms. The van der Waals surface area contributed by atoms with Crippen LogP contribution in [-0.2, 0) is 17.6 Å². The van der Waals surface area contributed by atoms with Crippen LogP contribution in [0.4, 0.5) is 0 Å². The predicted octanol–water partition coefficient (Wildman–Crippen LogP) is 2.83. The first-order valence-electron chi connectivity index (χ1n) is 11.2. The molecule has 6 rings (SSSR count). The van der Waals surface area contributed by atoms with Gasteiger partial charge in [-0.1, -0.05) is 6.07 Å². The lowest BCUT2D eigenvalue weighted by Crippen LogP contribution is -2.35. The van der Waals surface area contributed by atoms with E-state index in [1.165, 1.54) is 5.56 Å². The lowest BCUT2D eigenvalue weighted by atomic mass is 9.90. The third kappa shape index (κ3) is 3.35. The number of ether oxygens (including phenoxy) is 2. The van der Waals surface area contributed by atoms with E-state index < -0.39 is 0 Å². The van der Waals surface area contributed by atoms with Crippen molar-refractivity contribution in [2.75, 3.05) is 20.3 Å². The number of hydrogen-bond acceptors (Lipinski definition) is 6. The van der Waals surface area contributed by atoms with E-state index >= 15 is 0 Å². The summed E-state index contributed by atoms with van der Waals surface area (Å²) in [5.74, 6) is 1.53. The van der Waals surface area contributed by atoms with E-state index in [-0.39, 0.29) is 11.9 Å². The predicted molar refractivity (Wildman–Crippen MR) is 117 cm³/mol. The zero-order valence-corrected chi connectivity index (χ0v) is 18.0. The van der Waals surface area contributed by atoms with Gasteiger partial charge in [0.05, 0.1) is 42.9 Å². The Hall–Kier alpha value is -3.26. The number of methoxy groups -OCH3 is 1. The normalized spacial score (nSPS) is 19.3. The lowest BCUT2D eigenvalue weighted by molar-refractivity contribution is 0.0929. The summed E-state index contributed by atoms with van der Waals surface area (Å²) in [5.41, 5.74) is 5.89. The number of aryl methyl sites for hydroxylation is 2. The molecule has 0 bridgehead atoms. The Morgan fingerprint density at radius 1 is 1.19 bits per heavy atom. The number of nitrogens with one attached hydrogen (secondary N) is 1. The molecule has 1 aromatic carbocycles. The van der Waals surface area contributed by atoms with Gasteiger partial charge in [-0.2, -0.15) is 5.10 Å². The van der Waals surface area contributed by atoms with Crippen LogP contribution in [0.25, 0.3) is 17.2 Å². The second kappa shape index (κ2) is 7.70. The first-order valence-corrected chi connectivity index (χ1v) is 11.2. The van der Waals surface area contributed by atoms with Crippen molar-refractivity contribution in [2.45, 2.75) is 44.1 Å². The molecule has 8 nitrogen and oxygen atoms in total. The summed E-state index contributed by atoms with van der Waals surface area (Å²) < 4.78 is 12.6. The fourth-order valence-corrected chi connectivity index (χ4v) is 4.66. The smallest absolute Gasteiger partial charge is 0.255 e. The van der Waals surface area contributed by atoms with Crippen LogP contribution in [0.1, 0.15) is 52.4 Å². The van der Waals surface area contributed by atoms with Crippen LogP contribution in [0, 0.1) is 0 Å². The molecule has 0 radical (unpaired) electrons. The van der Waals surface area contributed by atoms with E-state index in [1.54, 1.807) is 18.0 Å². The van der Waals surface area contributed by atoms with Gasteiger partial charge in [-0.05, 0) is 55.4 Å².